The van der Waals surface area contributed by atoms with Crippen molar-refractivity contribution < 1.29 is 13.2 Å². The van der Waals surface area contributed by atoms with Gasteiger partial charge in [-0.1, -0.05) is 12.1 Å². The van der Waals surface area contributed by atoms with Crippen LogP contribution < -0.4 is 5.32 Å². The summed E-state index contributed by atoms with van der Waals surface area (Å²) in [5.74, 6) is 0. The van der Waals surface area contributed by atoms with Gasteiger partial charge in [-0.2, -0.15) is 0 Å². The van der Waals surface area contributed by atoms with Gasteiger partial charge in [-0.3, -0.25) is 0 Å². The number of benzene rings is 1. The van der Waals surface area contributed by atoms with Gasteiger partial charge in [-0.05, 0) is 24.1 Å². The van der Waals surface area contributed by atoms with E-state index in [0.29, 0.717) is 11.5 Å². The molecule has 0 saturated carbocycles. The Morgan fingerprint density at radius 3 is 2.76 bits per heavy atom. The number of aryl methyl sites for hydroxylation is 1. The predicted octanol–water partition coefficient (Wildman–Crippen LogP) is 1.06. The van der Waals surface area contributed by atoms with Gasteiger partial charge in [0.1, 0.15) is 0 Å². The van der Waals surface area contributed by atoms with Gasteiger partial charge in [0.2, 0.25) is 0 Å². The van der Waals surface area contributed by atoms with E-state index in [4.69, 9.17) is 4.74 Å². The Labute approximate surface area is 102 Å². The van der Waals surface area contributed by atoms with Crippen LogP contribution in [-0.2, 0) is 14.6 Å². The molecule has 17 heavy (non-hydrogen) atoms. The molecular weight excluding hydrogens is 238 g/mol. The third-order valence-electron chi connectivity index (χ3n) is 2.91. The van der Waals surface area contributed by atoms with E-state index in [1.54, 1.807) is 13.0 Å². The lowest BCUT2D eigenvalue weighted by molar-refractivity contribution is 0.0275. The minimum Gasteiger partial charge on any atom is -0.371 e. The van der Waals surface area contributed by atoms with Gasteiger partial charge in [0.15, 0.2) is 9.84 Å². The summed E-state index contributed by atoms with van der Waals surface area (Å²) in [6.07, 6.45) is 1.18. The van der Waals surface area contributed by atoms with Crippen LogP contribution in [0.4, 0.5) is 0 Å². The normalized spacial score (nSPS) is 21.4. The highest BCUT2D eigenvalue weighted by Crippen LogP contribution is 2.24. The van der Waals surface area contributed by atoms with Crippen molar-refractivity contribution in [3.05, 3.63) is 29.3 Å². The first-order valence-electron chi connectivity index (χ1n) is 5.61. The standard InChI is InChI=1S/C12H17NO3S/c1-9-3-4-10(7-12(9)17(2,14)15)11-8-13-5-6-16-11/h3-4,7,11,13H,5-6,8H2,1-2H3. The highest BCUT2D eigenvalue weighted by atomic mass is 32.2. The minimum absolute atomic E-state index is 0.0511. The van der Waals surface area contributed by atoms with Crippen molar-refractivity contribution in [3.63, 3.8) is 0 Å². The molecule has 1 fully saturated rings. The van der Waals surface area contributed by atoms with Gasteiger partial charge in [-0.15, -0.1) is 0 Å². The summed E-state index contributed by atoms with van der Waals surface area (Å²) in [4.78, 5) is 0.393. The number of rotatable bonds is 2. The van der Waals surface area contributed by atoms with Crippen LogP contribution in [0.15, 0.2) is 23.1 Å². The van der Waals surface area contributed by atoms with Gasteiger partial charge in [0.25, 0.3) is 0 Å². The lowest BCUT2D eigenvalue weighted by Crippen LogP contribution is -2.33. The van der Waals surface area contributed by atoms with Crippen LogP contribution in [-0.4, -0.2) is 34.4 Å². The first-order chi connectivity index (χ1) is 7.98. The summed E-state index contributed by atoms with van der Waals surface area (Å²) in [5, 5.41) is 3.23. The summed E-state index contributed by atoms with van der Waals surface area (Å²) in [6.45, 7) is 4.04. The number of morpholine rings is 1. The van der Waals surface area contributed by atoms with Crippen LogP contribution in [0.5, 0.6) is 0 Å². The first kappa shape index (κ1) is 12.5. The average Bonchev–Trinajstić information content (AvgIpc) is 2.29. The van der Waals surface area contributed by atoms with Gasteiger partial charge in [0, 0.05) is 19.3 Å². The van der Waals surface area contributed by atoms with Crippen molar-refractivity contribution in [2.45, 2.75) is 17.9 Å². The molecule has 0 bridgehead atoms. The Kier molecular flexibility index (Phi) is 3.51. The third kappa shape index (κ3) is 2.86. The molecule has 1 atom stereocenters. The molecule has 1 N–H and O–H groups in total. The smallest absolute Gasteiger partial charge is 0.175 e. The fourth-order valence-electron chi connectivity index (χ4n) is 2.00. The monoisotopic (exact) mass is 255 g/mol. The Bertz CT molecular complexity index is 504. The van der Waals surface area contributed by atoms with Crippen molar-refractivity contribution in [1.29, 1.82) is 0 Å². The van der Waals surface area contributed by atoms with Gasteiger partial charge in [-0.25, -0.2) is 8.42 Å². The van der Waals surface area contributed by atoms with Gasteiger partial charge < -0.3 is 10.1 Å². The van der Waals surface area contributed by atoms with E-state index in [2.05, 4.69) is 5.32 Å². The zero-order valence-electron chi connectivity index (χ0n) is 10.1. The van der Waals surface area contributed by atoms with Gasteiger partial charge in [0.05, 0.1) is 17.6 Å². The van der Waals surface area contributed by atoms with E-state index in [1.807, 2.05) is 12.1 Å². The number of nitrogens with one attached hydrogen (secondary N) is 1. The van der Waals surface area contributed by atoms with Crippen LogP contribution in [0, 0.1) is 6.92 Å². The second-order valence-corrected chi connectivity index (χ2v) is 6.34. The van der Waals surface area contributed by atoms with Crippen molar-refractivity contribution in [2.24, 2.45) is 0 Å². The van der Waals surface area contributed by atoms with E-state index in [9.17, 15) is 8.42 Å². The van der Waals surface area contributed by atoms with E-state index < -0.39 is 9.84 Å². The van der Waals surface area contributed by atoms with Crippen LogP contribution >= 0.6 is 0 Å². The Morgan fingerprint density at radius 1 is 1.41 bits per heavy atom. The van der Waals surface area contributed by atoms with Gasteiger partial charge >= 0.3 is 0 Å². The summed E-state index contributed by atoms with van der Waals surface area (Å²) in [6, 6.07) is 5.49. The topological polar surface area (TPSA) is 55.4 Å². The molecule has 0 radical (unpaired) electrons. The molecular formula is C12H17NO3S. The molecule has 5 heteroatoms. The van der Waals surface area contributed by atoms with Crippen LogP contribution in [0.1, 0.15) is 17.2 Å². The fraction of sp³-hybridized carbons (Fsp3) is 0.500. The van der Waals surface area contributed by atoms with Crippen molar-refractivity contribution in [1.82, 2.24) is 5.32 Å². The summed E-state index contributed by atoms with van der Waals surface area (Å²) >= 11 is 0. The Hall–Kier alpha value is -0.910. The van der Waals surface area contributed by atoms with E-state index >= 15 is 0 Å². The SMILES string of the molecule is Cc1ccc(C2CNCCO2)cc1S(C)(=O)=O. The molecule has 0 amide bonds. The van der Waals surface area contributed by atoms with Crippen LogP contribution in [0.25, 0.3) is 0 Å². The van der Waals surface area contributed by atoms with Crippen molar-refractivity contribution in [2.75, 3.05) is 26.0 Å². The van der Waals surface area contributed by atoms with E-state index in [1.165, 1.54) is 6.26 Å². The molecule has 1 aromatic carbocycles. The molecule has 1 aliphatic heterocycles. The highest BCUT2D eigenvalue weighted by Gasteiger charge is 2.18. The molecule has 1 aromatic rings. The molecule has 2 rings (SSSR count). The summed E-state index contributed by atoms with van der Waals surface area (Å²) in [5.41, 5.74) is 1.70. The second kappa shape index (κ2) is 4.76. The molecule has 4 nitrogen and oxygen atoms in total. The summed E-state index contributed by atoms with van der Waals surface area (Å²) in [7, 11) is -3.17. The van der Waals surface area contributed by atoms with E-state index in [-0.39, 0.29) is 6.10 Å². The number of hydrogen-bond acceptors (Lipinski definition) is 4. The highest BCUT2D eigenvalue weighted by molar-refractivity contribution is 7.90. The lowest BCUT2D eigenvalue weighted by Gasteiger charge is -2.24. The zero-order valence-corrected chi connectivity index (χ0v) is 10.9. The quantitative estimate of drug-likeness (QED) is 0.858. The molecule has 1 aliphatic rings. The molecule has 0 aliphatic carbocycles. The maximum Gasteiger partial charge on any atom is 0.175 e. The molecule has 1 unspecified atom stereocenters. The van der Waals surface area contributed by atoms with Crippen molar-refractivity contribution >= 4 is 9.84 Å². The summed E-state index contributed by atoms with van der Waals surface area (Å²) < 4.78 is 28.9. The van der Waals surface area contributed by atoms with Crippen LogP contribution in [0.3, 0.4) is 0 Å². The second-order valence-electron chi connectivity index (χ2n) is 4.36. The van der Waals surface area contributed by atoms with E-state index in [0.717, 1.165) is 24.2 Å². The Balaban J connectivity index is 2.37. The molecule has 0 aromatic heterocycles. The molecule has 0 spiro atoms. The molecule has 1 heterocycles. The van der Waals surface area contributed by atoms with Crippen LogP contribution in [0.2, 0.25) is 0 Å². The third-order valence-corrected chi connectivity index (χ3v) is 4.15. The van der Waals surface area contributed by atoms with Crippen molar-refractivity contribution in [3.8, 4) is 0 Å². The fourth-order valence-corrected chi connectivity index (χ4v) is 3.00. The predicted molar refractivity (Wildman–Crippen MR) is 65.9 cm³/mol. The molecule has 94 valence electrons. The molecule has 1 saturated heterocycles. The number of ether oxygens (including phenoxy) is 1. The minimum atomic E-state index is -3.17. The zero-order chi connectivity index (χ0) is 12.5. The largest absolute Gasteiger partial charge is 0.371 e. The number of hydrogen-bond donors (Lipinski definition) is 1. The maximum absolute atomic E-state index is 11.6. The average molecular weight is 255 g/mol. The maximum atomic E-state index is 11.6. The number of sulfone groups is 1. The first-order valence-corrected chi connectivity index (χ1v) is 7.50. The lowest BCUT2D eigenvalue weighted by atomic mass is 10.1. The Morgan fingerprint density at radius 2 is 2.18 bits per heavy atom.